The zero-order valence-electron chi connectivity index (χ0n) is 13.0. The second-order valence-electron chi connectivity index (χ2n) is 6.62. The first-order chi connectivity index (χ1) is 10.9. The van der Waals surface area contributed by atoms with E-state index in [1.807, 2.05) is 30.5 Å². The molecule has 2 heterocycles. The van der Waals surface area contributed by atoms with Crippen LogP contribution in [0.25, 0.3) is 11.0 Å². The minimum absolute atomic E-state index is 0.613. The topological polar surface area (TPSA) is 41.1 Å². The molecule has 1 atom stereocenters. The molecule has 4 rings (SSSR count). The lowest BCUT2D eigenvalue weighted by atomic mass is 9.83. The van der Waals surface area contributed by atoms with E-state index < -0.39 is 0 Å². The third-order valence-electron chi connectivity index (χ3n) is 5.18. The summed E-state index contributed by atoms with van der Waals surface area (Å²) in [5.41, 5.74) is 1.97. The summed E-state index contributed by atoms with van der Waals surface area (Å²) in [6.45, 7) is 3.14. The molecule has 2 aliphatic rings. The molecule has 1 N–H and O–H groups in total. The number of nitrogens with one attached hydrogen (secondary N) is 1. The Morgan fingerprint density at radius 3 is 2.73 bits per heavy atom. The SMILES string of the molecule is c1ccc2nc(N3CCNC(C4CCCCC4)C3)cnc2c1. The molecule has 1 aliphatic heterocycles. The van der Waals surface area contributed by atoms with E-state index in [-0.39, 0.29) is 0 Å². The van der Waals surface area contributed by atoms with E-state index in [9.17, 15) is 0 Å². The van der Waals surface area contributed by atoms with Crippen LogP contribution < -0.4 is 10.2 Å². The lowest BCUT2D eigenvalue weighted by molar-refractivity contribution is 0.257. The number of para-hydroxylation sites is 2. The van der Waals surface area contributed by atoms with E-state index in [1.165, 1.54) is 32.1 Å². The molecule has 1 aliphatic carbocycles. The Labute approximate surface area is 131 Å². The number of nitrogens with zero attached hydrogens (tertiary/aromatic N) is 3. The highest BCUT2D eigenvalue weighted by molar-refractivity contribution is 5.75. The highest BCUT2D eigenvalue weighted by atomic mass is 15.2. The van der Waals surface area contributed by atoms with E-state index >= 15 is 0 Å². The van der Waals surface area contributed by atoms with Gasteiger partial charge in [0, 0.05) is 25.7 Å². The molecule has 0 radical (unpaired) electrons. The largest absolute Gasteiger partial charge is 0.352 e. The van der Waals surface area contributed by atoms with Gasteiger partial charge in [0.05, 0.1) is 17.2 Å². The van der Waals surface area contributed by atoms with Gasteiger partial charge in [-0.1, -0.05) is 31.4 Å². The molecule has 2 fully saturated rings. The Bertz CT molecular complexity index is 636. The average Bonchev–Trinajstić information content (AvgIpc) is 2.62. The summed E-state index contributed by atoms with van der Waals surface area (Å²) in [7, 11) is 0. The van der Waals surface area contributed by atoms with Gasteiger partial charge in [0.2, 0.25) is 0 Å². The van der Waals surface area contributed by atoms with Crippen molar-refractivity contribution in [1.82, 2.24) is 15.3 Å². The predicted molar refractivity (Wildman–Crippen MR) is 90.1 cm³/mol. The molecule has 22 heavy (non-hydrogen) atoms. The normalized spacial score (nSPS) is 23.8. The van der Waals surface area contributed by atoms with Gasteiger partial charge in [-0.2, -0.15) is 0 Å². The Hall–Kier alpha value is -1.68. The second kappa shape index (κ2) is 6.21. The molecule has 0 amide bonds. The number of hydrogen-bond acceptors (Lipinski definition) is 4. The molecule has 1 saturated heterocycles. The molecule has 116 valence electrons. The molecule has 2 aromatic rings. The minimum atomic E-state index is 0.613. The first-order valence-electron chi connectivity index (χ1n) is 8.60. The zero-order valence-corrected chi connectivity index (χ0v) is 13.0. The van der Waals surface area contributed by atoms with Gasteiger partial charge in [-0.15, -0.1) is 0 Å². The standard InChI is InChI=1S/C18H24N4/c1-2-6-14(7-3-1)17-13-22(11-10-19-17)18-12-20-15-8-4-5-9-16(15)21-18/h4-5,8-9,12,14,17,19H,1-3,6-7,10-11,13H2. The Morgan fingerprint density at radius 1 is 1.05 bits per heavy atom. The third kappa shape index (κ3) is 2.80. The van der Waals surface area contributed by atoms with Gasteiger partial charge < -0.3 is 10.2 Å². The molecule has 1 saturated carbocycles. The smallest absolute Gasteiger partial charge is 0.147 e. The Morgan fingerprint density at radius 2 is 1.86 bits per heavy atom. The predicted octanol–water partition coefficient (Wildman–Crippen LogP) is 2.99. The van der Waals surface area contributed by atoms with Crippen molar-refractivity contribution < 1.29 is 0 Å². The van der Waals surface area contributed by atoms with Crippen molar-refractivity contribution in [3.05, 3.63) is 30.5 Å². The van der Waals surface area contributed by atoms with Crippen molar-refractivity contribution in [2.75, 3.05) is 24.5 Å². The quantitative estimate of drug-likeness (QED) is 0.925. The van der Waals surface area contributed by atoms with Gasteiger partial charge in [-0.05, 0) is 30.9 Å². The fourth-order valence-corrected chi connectivity index (χ4v) is 3.94. The maximum Gasteiger partial charge on any atom is 0.147 e. The highest BCUT2D eigenvalue weighted by Gasteiger charge is 2.28. The zero-order chi connectivity index (χ0) is 14.8. The van der Waals surface area contributed by atoms with Crippen molar-refractivity contribution in [2.45, 2.75) is 38.1 Å². The molecular formula is C18H24N4. The number of piperazine rings is 1. The minimum Gasteiger partial charge on any atom is -0.352 e. The summed E-state index contributed by atoms with van der Waals surface area (Å²) in [4.78, 5) is 11.8. The van der Waals surface area contributed by atoms with Crippen LogP contribution in [0.3, 0.4) is 0 Å². The van der Waals surface area contributed by atoms with Crippen LogP contribution in [-0.4, -0.2) is 35.6 Å². The number of aromatic nitrogens is 2. The van der Waals surface area contributed by atoms with E-state index in [4.69, 9.17) is 4.98 Å². The van der Waals surface area contributed by atoms with Gasteiger partial charge in [0.1, 0.15) is 5.82 Å². The second-order valence-corrected chi connectivity index (χ2v) is 6.62. The van der Waals surface area contributed by atoms with Gasteiger partial charge in [-0.3, -0.25) is 4.98 Å². The maximum atomic E-state index is 4.81. The first kappa shape index (κ1) is 13.9. The third-order valence-corrected chi connectivity index (χ3v) is 5.18. The molecule has 1 aromatic heterocycles. The van der Waals surface area contributed by atoms with Gasteiger partial charge in [0.25, 0.3) is 0 Å². The molecule has 4 heteroatoms. The summed E-state index contributed by atoms with van der Waals surface area (Å²) in [6.07, 6.45) is 8.93. The van der Waals surface area contributed by atoms with E-state index in [1.54, 1.807) is 0 Å². The van der Waals surface area contributed by atoms with Crippen LogP contribution in [0.4, 0.5) is 5.82 Å². The van der Waals surface area contributed by atoms with Gasteiger partial charge in [-0.25, -0.2) is 4.98 Å². The van der Waals surface area contributed by atoms with Crippen LogP contribution in [0.1, 0.15) is 32.1 Å². The number of anilines is 1. The summed E-state index contributed by atoms with van der Waals surface area (Å²) in [5, 5.41) is 3.74. The monoisotopic (exact) mass is 296 g/mol. The van der Waals surface area contributed by atoms with Crippen molar-refractivity contribution >= 4 is 16.9 Å². The van der Waals surface area contributed by atoms with Crippen molar-refractivity contribution in [3.8, 4) is 0 Å². The number of hydrogen-bond donors (Lipinski definition) is 1. The lowest BCUT2D eigenvalue weighted by Crippen LogP contribution is -2.54. The van der Waals surface area contributed by atoms with Gasteiger partial charge in [0.15, 0.2) is 0 Å². The lowest BCUT2D eigenvalue weighted by Gasteiger charge is -2.39. The van der Waals surface area contributed by atoms with Crippen LogP contribution >= 0.6 is 0 Å². The first-order valence-corrected chi connectivity index (χ1v) is 8.60. The fourth-order valence-electron chi connectivity index (χ4n) is 3.94. The van der Waals surface area contributed by atoms with Crippen molar-refractivity contribution in [1.29, 1.82) is 0 Å². The molecule has 0 spiro atoms. The molecule has 0 bridgehead atoms. The van der Waals surface area contributed by atoms with Crippen LogP contribution in [0.15, 0.2) is 30.5 Å². The summed E-state index contributed by atoms with van der Waals surface area (Å²) in [6, 6.07) is 8.73. The van der Waals surface area contributed by atoms with Crippen molar-refractivity contribution in [2.24, 2.45) is 5.92 Å². The van der Waals surface area contributed by atoms with Crippen molar-refractivity contribution in [3.63, 3.8) is 0 Å². The number of benzene rings is 1. The van der Waals surface area contributed by atoms with Crippen LogP contribution in [0, 0.1) is 5.92 Å². The van der Waals surface area contributed by atoms with E-state index in [0.717, 1.165) is 42.4 Å². The van der Waals surface area contributed by atoms with E-state index in [0.29, 0.717) is 6.04 Å². The summed E-state index contributed by atoms with van der Waals surface area (Å²) in [5.74, 6) is 1.87. The van der Waals surface area contributed by atoms with E-state index in [2.05, 4.69) is 15.2 Å². The number of rotatable bonds is 2. The molecule has 1 aromatic carbocycles. The molecular weight excluding hydrogens is 272 g/mol. The summed E-state index contributed by atoms with van der Waals surface area (Å²) >= 11 is 0. The van der Waals surface area contributed by atoms with Gasteiger partial charge >= 0.3 is 0 Å². The Balaban J connectivity index is 1.52. The van der Waals surface area contributed by atoms with Crippen LogP contribution in [0.2, 0.25) is 0 Å². The molecule has 1 unspecified atom stereocenters. The van der Waals surface area contributed by atoms with Crippen LogP contribution in [-0.2, 0) is 0 Å². The summed E-state index contributed by atoms with van der Waals surface area (Å²) < 4.78 is 0. The highest BCUT2D eigenvalue weighted by Crippen LogP contribution is 2.28. The fraction of sp³-hybridized carbons (Fsp3) is 0.556. The maximum absolute atomic E-state index is 4.81. The van der Waals surface area contributed by atoms with Crippen LogP contribution in [0.5, 0.6) is 0 Å². The molecule has 4 nitrogen and oxygen atoms in total. The average molecular weight is 296 g/mol. The number of fused-ring (bicyclic) bond motifs is 1. The Kier molecular flexibility index (Phi) is 3.94.